The molecule has 0 aliphatic carbocycles. The fraction of sp³-hybridized carbons (Fsp3) is 0.579. The van der Waals surface area contributed by atoms with E-state index in [1.165, 1.54) is 11.5 Å². The third-order valence-electron chi connectivity index (χ3n) is 5.35. The number of ether oxygens (including phenoxy) is 2. The molecule has 2 aliphatic rings. The van der Waals surface area contributed by atoms with E-state index in [0.29, 0.717) is 25.3 Å². The fourth-order valence-electron chi connectivity index (χ4n) is 3.96. The summed E-state index contributed by atoms with van der Waals surface area (Å²) in [6.07, 6.45) is 7.84. The Morgan fingerprint density at radius 1 is 1.16 bits per heavy atom. The summed E-state index contributed by atoms with van der Waals surface area (Å²) in [6, 6.07) is 4.95. The molecule has 2 aliphatic heterocycles. The van der Waals surface area contributed by atoms with Crippen molar-refractivity contribution in [2.24, 2.45) is 0 Å². The SMILES string of the molecule is CC1c2ncc(COCc3ccncc3)n2CCN1C1CCOCC1. The van der Waals surface area contributed by atoms with Crippen LogP contribution in [-0.4, -0.2) is 45.2 Å². The van der Waals surface area contributed by atoms with Crippen LogP contribution in [-0.2, 0) is 29.2 Å². The van der Waals surface area contributed by atoms with Gasteiger partial charge in [0.1, 0.15) is 5.82 Å². The number of hydrogen-bond donors (Lipinski definition) is 0. The van der Waals surface area contributed by atoms with Crippen LogP contribution in [0.2, 0.25) is 0 Å². The van der Waals surface area contributed by atoms with Crippen LogP contribution in [0.1, 0.15) is 42.9 Å². The van der Waals surface area contributed by atoms with Crippen LogP contribution < -0.4 is 0 Å². The van der Waals surface area contributed by atoms with Crippen molar-refractivity contribution in [3.63, 3.8) is 0 Å². The molecule has 0 aromatic carbocycles. The molecule has 1 fully saturated rings. The lowest BCUT2D eigenvalue weighted by atomic mass is 10.0. The van der Waals surface area contributed by atoms with Crippen molar-refractivity contribution in [3.8, 4) is 0 Å². The van der Waals surface area contributed by atoms with Gasteiger partial charge in [-0.1, -0.05) is 0 Å². The lowest BCUT2D eigenvalue weighted by Crippen LogP contribution is -2.46. The van der Waals surface area contributed by atoms with Crippen molar-refractivity contribution in [3.05, 3.63) is 47.8 Å². The lowest BCUT2D eigenvalue weighted by Gasteiger charge is -2.41. The van der Waals surface area contributed by atoms with Crippen LogP contribution in [0.25, 0.3) is 0 Å². The first-order valence-corrected chi connectivity index (χ1v) is 9.17. The van der Waals surface area contributed by atoms with Crippen molar-refractivity contribution in [1.82, 2.24) is 19.4 Å². The zero-order valence-electron chi connectivity index (χ0n) is 14.8. The standard InChI is InChI=1S/C19H26N4O2/c1-15-19-21-12-18(14-25-13-16-2-6-20-7-3-16)23(19)9-8-22(15)17-4-10-24-11-5-17/h2-3,6-7,12,15,17H,4-5,8-11,13-14H2,1H3. The second kappa shape index (κ2) is 7.64. The fourth-order valence-corrected chi connectivity index (χ4v) is 3.96. The first-order chi connectivity index (χ1) is 12.3. The Labute approximate surface area is 148 Å². The molecule has 1 atom stereocenters. The smallest absolute Gasteiger partial charge is 0.126 e. The van der Waals surface area contributed by atoms with Gasteiger partial charge in [0.15, 0.2) is 0 Å². The largest absolute Gasteiger partial charge is 0.381 e. The molecule has 0 N–H and O–H groups in total. The molecule has 1 saturated heterocycles. The first kappa shape index (κ1) is 16.7. The normalized spacial score (nSPS) is 22.0. The van der Waals surface area contributed by atoms with E-state index in [2.05, 4.69) is 21.4 Å². The Morgan fingerprint density at radius 3 is 2.76 bits per heavy atom. The van der Waals surface area contributed by atoms with Crippen LogP contribution in [0.15, 0.2) is 30.7 Å². The molecule has 0 saturated carbocycles. The molecule has 1 unspecified atom stereocenters. The Morgan fingerprint density at radius 2 is 1.96 bits per heavy atom. The predicted molar refractivity (Wildman–Crippen MR) is 93.9 cm³/mol. The average Bonchev–Trinajstić information content (AvgIpc) is 3.08. The van der Waals surface area contributed by atoms with E-state index >= 15 is 0 Å². The monoisotopic (exact) mass is 342 g/mol. The second-order valence-corrected chi connectivity index (χ2v) is 6.86. The molecule has 0 spiro atoms. The highest BCUT2D eigenvalue weighted by molar-refractivity contribution is 5.12. The number of pyridine rings is 1. The Bertz CT molecular complexity index is 682. The van der Waals surface area contributed by atoms with E-state index in [9.17, 15) is 0 Å². The molecule has 0 amide bonds. The lowest BCUT2D eigenvalue weighted by molar-refractivity contribution is 0.00801. The molecule has 4 heterocycles. The summed E-state index contributed by atoms with van der Waals surface area (Å²) < 4.78 is 13.7. The molecule has 0 radical (unpaired) electrons. The van der Waals surface area contributed by atoms with E-state index in [0.717, 1.165) is 44.7 Å². The average molecular weight is 342 g/mol. The number of fused-ring (bicyclic) bond motifs is 1. The van der Waals surface area contributed by atoms with Gasteiger partial charge in [-0.25, -0.2) is 4.98 Å². The zero-order valence-corrected chi connectivity index (χ0v) is 14.8. The van der Waals surface area contributed by atoms with Crippen LogP contribution in [0.3, 0.4) is 0 Å². The van der Waals surface area contributed by atoms with Gasteiger partial charge in [-0.15, -0.1) is 0 Å². The van der Waals surface area contributed by atoms with Gasteiger partial charge in [0.25, 0.3) is 0 Å². The molecule has 6 heteroatoms. The van der Waals surface area contributed by atoms with Gasteiger partial charge in [0.2, 0.25) is 0 Å². The summed E-state index contributed by atoms with van der Waals surface area (Å²) in [5.41, 5.74) is 2.31. The summed E-state index contributed by atoms with van der Waals surface area (Å²) in [6.45, 7) is 7.31. The topological polar surface area (TPSA) is 52.4 Å². The van der Waals surface area contributed by atoms with Crippen molar-refractivity contribution < 1.29 is 9.47 Å². The van der Waals surface area contributed by atoms with Crippen molar-refractivity contribution in [1.29, 1.82) is 0 Å². The van der Waals surface area contributed by atoms with Gasteiger partial charge in [0, 0.05) is 44.7 Å². The van der Waals surface area contributed by atoms with Crippen LogP contribution in [0, 0.1) is 0 Å². The van der Waals surface area contributed by atoms with E-state index < -0.39 is 0 Å². The Balaban J connectivity index is 1.39. The van der Waals surface area contributed by atoms with Crippen molar-refractivity contribution >= 4 is 0 Å². The predicted octanol–water partition coefficient (Wildman–Crippen LogP) is 2.55. The van der Waals surface area contributed by atoms with Gasteiger partial charge in [-0.2, -0.15) is 0 Å². The first-order valence-electron chi connectivity index (χ1n) is 9.17. The van der Waals surface area contributed by atoms with Crippen molar-refractivity contribution in [2.75, 3.05) is 19.8 Å². The number of nitrogens with zero attached hydrogens (tertiary/aromatic N) is 4. The van der Waals surface area contributed by atoms with E-state index in [1.807, 2.05) is 18.3 Å². The third-order valence-corrected chi connectivity index (χ3v) is 5.35. The quantitative estimate of drug-likeness (QED) is 0.836. The van der Waals surface area contributed by atoms with Crippen LogP contribution >= 0.6 is 0 Å². The highest BCUT2D eigenvalue weighted by Gasteiger charge is 2.32. The summed E-state index contributed by atoms with van der Waals surface area (Å²) in [7, 11) is 0. The number of hydrogen-bond acceptors (Lipinski definition) is 5. The highest BCUT2D eigenvalue weighted by atomic mass is 16.5. The molecule has 0 bridgehead atoms. The minimum atomic E-state index is 0.353. The Hall–Kier alpha value is -1.76. The van der Waals surface area contributed by atoms with E-state index in [-0.39, 0.29) is 0 Å². The molecule has 2 aromatic heterocycles. The van der Waals surface area contributed by atoms with Gasteiger partial charge in [-0.05, 0) is 37.5 Å². The number of rotatable bonds is 5. The minimum absolute atomic E-state index is 0.353. The molecule has 4 rings (SSSR count). The van der Waals surface area contributed by atoms with E-state index in [1.54, 1.807) is 12.4 Å². The molecule has 2 aromatic rings. The maximum Gasteiger partial charge on any atom is 0.126 e. The van der Waals surface area contributed by atoms with Crippen LogP contribution in [0.4, 0.5) is 0 Å². The van der Waals surface area contributed by atoms with Gasteiger partial charge in [-0.3, -0.25) is 9.88 Å². The highest BCUT2D eigenvalue weighted by Crippen LogP contribution is 2.30. The van der Waals surface area contributed by atoms with Gasteiger partial charge >= 0.3 is 0 Å². The number of aromatic nitrogens is 3. The van der Waals surface area contributed by atoms with E-state index in [4.69, 9.17) is 14.5 Å². The van der Waals surface area contributed by atoms with Crippen molar-refractivity contribution in [2.45, 2.75) is 51.6 Å². The second-order valence-electron chi connectivity index (χ2n) is 6.86. The summed E-state index contributed by atoms with van der Waals surface area (Å²) in [4.78, 5) is 11.3. The van der Waals surface area contributed by atoms with Gasteiger partial charge < -0.3 is 14.0 Å². The molecule has 134 valence electrons. The molecule has 6 nitrogen and oxygen atoms in total. The summed E-state index contributed by atoms with van der Waals surface area (Å²) >= 11 is 0. The molecular weight excluding hydrogens is 316 g/mol. The summed E-state index contributed by atoms with van der Waals surface area (Å²) in [5, 5.41) is 0. The third kappa shape index (κ3) is 3.61. The molecular formula is C19H26N4O2. The maximum atomic E-state index is 5.89. The summed E-state index contributed by atoms with van der Waals surface area (Å²) in [5.74, 6) is 1.17. The molecule has 25 heavy (non-hydrogen) atoms. The van der Waals surface area contributed by atoms with Crippen LogP contribution in [0.5, 0.6) is 0 Å². The Kier molecular flexibility index (Phi) is 5.10. The maximum absolute atomic E-state index is 5.89. The zero-order chi connectivity index (χ0) is 17.1. The van der Waals surface area contributed by atoms with Gasteiger partial charge in [0.05, 0.1) is 31.1 Å². The minimum Gasteiger partial charge on any atom is -0.381 e. The number of imidazole rings is 1.